The van der Waals surface area contributed by atoms with Crippen molar-refractivity contribution in [3.63, 3.8) is 0 Å². The molecule has 82 valence electrons. The molecule has 0 amide bonds. The Hall–Kier alpha value is -0.740. The van der Waals surface area contributed by atoms with Gasteiger partial charge in [-0.1, -0.05) is 23.9 Å². The van der Waals surface area contributed by atoms with E-state index in [1.54, 1.807) is 18.0 Å². The van der Waals surface area contributed by atoms with E-state index >= 15 is 0 Å². The summed E-state index contributed by atoms with van der Waals surface area (Å²) < 4.78 is 5.24. The highest BCUT2D eigenvalue weighted by atomic mass is 32.2. The van der Waals surface area contributed by atoms with Gasteiger partial charge in [0, 0.05) is 18.3 Å². The van der Waals surface area contributed by atoms with Gasteiger partial charge >= 0.3 is 0 Å². The van der Waals surface area contributed by atoms with Crippen LogP contribution in [0.25, 0.3) is 0 Å². The molecule has 1 aromatic heterocycles. The van der Waals surface area contributed by atoms with Crippen molar-refractivity contribution in [1.82, 2.24) is 10.3 Å². The second-order valence-corrected chi connectivity index (χ2v) is 4.88. The first-order valence-corrected chi connectivity index (χ1v) is 6.17. The first kappa shape index (κ1) is 10.8. The number of aryl methyl sites for hydroxylation is 1. The molecule has 3 nitrogen and oxygen atoms in total. The molecule has 1 saturated carbocycles. The highest BCUT2D eigenvalue weighted by Gasteiger charge is 2.20. The Balaban J connectivity index is 1.65. The van der Waals surface area contributed by atoms with E-state index in [1.807, 2.05) is 6.92 Å². The molecule has 0 radical (unpaired) electrons. The largest absolute Gasteiger partial charge is 0.440 e. The summed E-state index contributed by atoms with van der Waals surface area (Å²) >= 11 is 1.60. The van der Waals surface area contributed by atoms with Crippen molar-refractivity contribution in [2.45, 2.75) is 31.0 Å². The minimum absolute atomic E-state index is 0.736. The molecule has 15 heavy (non-hydrogen) atoms. The molecule has 1 fully saturated rings. The summed E-state index contributed by atoms with van der Waals surface area (Å²) in [6.45, 7) is 6.87. The summed E-state index contributed by atoms with van der Waals surface area (Å²) in [6, 6.07) is 0.746. The zero-order valence-electron chi connectivity index (χ0n) is 8.95. The van der Waals surface area contributed by atoms with Gasteiger partial charge in [-0.05, 0) is 19.8 Å². The Morgan fingerprint density at radius 2 is 2.53 bits per heavy atom. The minimum Gasteiger partial charge on any atom is -0.440 e. The van der Waals surface area contributed by atoms with Crippen molar-refractivity contribution >= 4 is 11.8 Å². The molecular weight excluding hydrogens is 208 g/mol. The quantitative estimate of drug-likeness (QED) is 0.595. The second-order valence-electron chi connectivity index (χ2n) is 3.95. The summed E-state index contributed by atoms with van der Waals surface area (Å²) in [4.78, 5) is 4.22. The second kappa shape index (κ2) is 4.86. The Kier molecular flexibility index (Phi) is 3.49. The van der Waals surface area contributed by atoms with Gasteiger partial charge in [0.1, 0.15) is 6.26 Å². The maximum atomic E-state index is 5.24. The van der Waals surface area contributed by atoms with Crippen molar-refractivity contribution < 1.29 is 4.42 Å². The fourth-order valence-corrected chi connectivity index (χ4v) is 1.94. The van der Waals surface area contributed by atoms with Crippen LogP contribution in [0, 0.1) is 6.92 Å². The average molecular weight is 224 g/mol. The molecule has 1 aromatic rings. The number of hydrogen-bond donors (Lipinski definition) is 1. The van der Waals surface area contributed by atoms with E-state index in [9.17, 15) is 0 Å². The van der Waals surface area contributed by atoms with Gasteiger partial charge in [-0.2, -0.15) is 0 Å². The first-order chi connectivity index (χ1) is 7.24. The smallest absolute Gasteiger partial charge is 0.256 e. The highest BCUT2D eigenvalue weighted by Crippen LogP contribution is 2.21. The lowest BCUT2D eigenvalue weighted by atomic mass is 10.3. The van der Waals surface area contributed by atoms with E-state index in [2.05, 4.69) is 16.9 Å². The topological polar surface area (TPSA) is 38.1 Å². The maximum absolute atomic E-state index is 5.24. The third-order valence-corrected chi connectivity index (χ3v) is 3.20. The van der Waals surface area contributed by atoms with Gasteiger partial charge in [-0.15, -0.1) is 0 Å². The van der Waals surface area contributed by atoms with Crippen LogP contribution in [0.4, 0.5) is 0 Å². The molecule has 0 bridgehead atoms. The lowest BCUT2D eigenvalue weighted by Gasteiger charge is -2.04. The fraction of sp³-hybridized carbons (Fsp3) is 0.545. The molecule has 0 atom stereocenters. The van der Waals surface area contributed by atoms with E-state index in [0.29, 0.717) is 0 Å². The number of oxazole rings is 1. The molecule has 0 aromatic carbocycles. The zero-order chi connectivity index (χ0) is 10.7. The van der Waals surface area contributed by atoms with E-state index < -0.39 is 0 Å². The molecule has 2 rings (SSSR count). The van der Waals surface area contributed by atoms with Crippen molar-refractivity contribution in [1.29, 1.82) is 0 Å². The normalized spacial score (nSPS) is 15.5. The Bertz CT molecular complexity index is 344. The number of rotatable bonds is 6. The van der Waals surface area contributed by atoms with Crippen LogP contribution in [0.3, 0.4) is 0 Å². The molecule has 0 spiro atoms. The molecular formula is C11H16N2OS. The molecule has 0 aliphatic heterocycles. The standard InChI is InChI=1S/C11H16N2OS/c1-8(5-12-10-3-4-10)7-15-11-13-9(2)6-14-11/h6,10,12H,1,3-5,7H2,2H3. The predicted octanol–water partition coefficient (Wildman–Crippen LogP) is 2.38. The maximum Gasteiger partial charge on any atom is 0.256 e. The molecule has 0 saturated heterocycles. The lowest BCUT2D eigenvalue weighted by Crippen LogP contribution is -2.19. The van der Waals surface area contributed by atoms with Crippen LogP contribution >= 0.6 is 11.8 Å². The van der Waals surface area contributed by atoms with E-state index in [4.69, 9.17) is 4.42 Å². The van der Waals surface area contributed by atoms with E-state index in [1.165, 1.54) is 18.4 Å². The third-order valence-electron chi connectivity index (χ3n) is 2.22. The van der Waals surface area contributed by atoms with Gasteiger partial charge in [-0.25, -0.2) is 4.98 Å². The SMILES string of the molecule is C=C(CNC1CC1)CSc1nc(C)co1. The number of hydrogen-bond acceptors (Lipinski definition) is 4. The Morgan fingerprint density at radius 3 is 3.13 bits per heavy atom. The first-order valence-electron chi connectivity index (χ1n) is 5.19. The Labute approximate surface area is 94.3 Å². The number of nitrogens with zero attached hydrogens (tertiary/aromatic N) is 1. The third kappa shape index (κ3) is 3.72. The predicted molar refractivity (Wildman–Crippen MR) is 62.1 cm³/mol. The van der Waals surface area contributed by atoms with Gasteiger partial charge in [0.05, 0.1) is 5.69 Å². The molecule has 4 heteroatoms. The van der Waals surface area contributed by atoms with E-state index in [-0.39, 0.29) is 0 Å². The summed E-state index contributed by atoms with van der Waals surface area (Å²) in [6.07, 6.45) is 4.31. The molecule has 1 heterocycles. The van der Waals surface area contributed by atoms with Crippen molar-refractivity contribution in [3.8, 4) is 0 Å². The number of thioether (sulfide) groups is 1. The monoisotopic (exact) mass is 224 g/mol. The van der Waals surface area contributed by atoms with Crippen molar-refractivity contribution in [3.05, 3.63) is 24.1 Å². The number of aromatic nitrogens is 1. The van der Waals surface area contributed by atoms with Crippen molar-refractivity contribution in [2.24, 2.45) is 0 Å². The van der Waals surface area contributed by atoms with Gasteiger partial charge in [0.2, 0.25) is 0 Å². The van der Waals surface area contributed by atoms with Gasteiger partial charge < -0.3 is 9.73 Å². The zero-order valence-corrected chi connectivity index (χ0v) is 9.77. The average Bonchev–Trinajstić information content (AvgIpc) is 2.95. The van der Waals surface area contributed by atoms with Crippen LogP contribution in [0.2, 0.25) is 0 Å². The summed E-state index contributed by atoms with van der Waals surface area (Å²) in [5.41, 5.74) is 2.13. The number of nitrogens with one attached hydrogen (secondary N) is 1. The van der Waals surface area contributed by atoms with Crippen LogP contribution in [0.5, 0.6) is 0 Å². The van der Waals surface area contributed by atoms with Gasteiger partial charge in [0.25, 0.3) is 5.22 Å². The van der Waals surface area contributed by atoms with E-state index in [0.717, 1.165) is 29.3 Å². The summed E-state index contributed by atoms with van der Waals surface area (Å²) in [7, 11) is 0. The lowest BCUT2D eigenvalue weighted by molar-refractivity contribution is 0.454. The fourth-order valence-electron chi connectivity index (χ4n) is 1.19. The van der Waals surface area contributed by atoms with Gasteiger partial charge in [-0.3, -0.25) is 0 Å². The molecule has 0 unspecified atom stereocenters. The minimum atomic E-state index is 0.736. The van der Waals surface area contributed by atoms with Crippen molar-refractivity contribution in [2.75, 3.05) is 12.3 Å². The molecule has 1 N–H and O–H groups in total. The van der Waals surface area contributed by atoms with Crippen LogP contribution in [-0.2, 0) is 0 Å². The van der Waals surface area contributed by atoms with Crippen LogP contribution in [0.1, 0.15) is 18.5 Å². The Morgan fingerprint density at radius 1 is 1.73 bits per heavy atom. The van der Waals surface area contributed by atoms with Crippen LogP contribution in [-0.4, -0.2) is 23.3 Å². The van der Waals surface area contributed by atoms with Crippen LogP contribution in [0.15, 0.2) is 28.1 Å². The summed E-state index contributed by atoms with van der Waals surface area (Å²) in [5, 5.41) is 4.17. The molecule has 1 aliphatic rings. The highest BCUT2D eigenvalue weighted by molar-refractivity contribution is 7.99. The summed E-state index contributed by atoms with van der Waals surface area (Å²) in [5.74, 6) is 0.875. The van der Waals surface area contributed by atoms with Crippen LogP contribution < -0.4 is 5.32 Å². The molecule has 1 aliphatic carbocycles. The van der Waals surface area contributed by atoms with Gasteiger partial charge in [0.15, 0.2) is 0 Å².